The Balaban J connectivity index is 2.46. The summed E-state index contributed by atoms with van der Waals surface area (Å²) < 4.78 is 54.0. The van der Waals surface area contributed by atoms with Crippen molar-refractivity contribution in [2.45, 2.75) is 18.4 Å². The van der Waals surface area contributed by atoms with Crippen LogP contribution in [0.4, 0.5) is 14.5 Å². The van der Waals surface area contributed by atoms with E-state index < -0.39 is 21.7 Å². The Hall–Kier alpha value is -1.99. The summed E-state index contributed by atoms with van der Waals surface area (Å²) in [4.78, 5) is -0.301. The molecule has 0 aliphatic carbocycles. The summed E-state index contributed by atoms with van der Waals surface area (Å²) in [5.41, 5.74) is 5.70. The number of nitrogens with one attached hydrogen (secondary N) is 1. The normalized spacial score (nSPS) is 11.4. The van der Waals surface area contributed by atoms with Gasteiger partial charge in [-0.05, 0) is 36.8 Å². The van der Waals surface area contributed by atoms with E-state index in [0.29, 0.717) is 5.56 Å². The molecule has 2 rings (SSSR count). The number of sulfonamides is 1. The molecular formula is C14H14F2N2O2S. The first-order chi connectivity index (χ1) is 9.85. The summed E-state index contributed by atoms with van der Waals surface area (Å²) in [5, 5.41) is 0. The van der Waals surface area contributed by atoms with Crippen molar-refractivity contribution in [2.75, 3.05) is 4.72 Å². The maximum Gasteiger partial charge on any atom is 0.262 e. The molecule has 0 saturated carbocycles. The Labute approximate surface area is 121 Å². The summed E-state index contributed by atoms with van der Waals surface area (Å²) in [7, 11) is -4.12. The van der Waals surface area contributed by atoms with Crippen molar-refractivity contribution in [2.24, 2.45) is 5.73 Å². The van der Waals surface area contributed by atoms with E-state index in [4.69, 9.17) is 5.73 Å². The van der Waals surface area contributed by atoms with E-state index in [-0.39, 0.29) is 22.7 Å². The minimum absolute atomic E-state index is 0.141. The first-order valence-electron chi connectivity index (χ1n) is 6.11. The van der Waals surface area contributed by atoms with Crippen molar-refractivity contribution in [3.8, 4) is 0 Å². The number of hydrogen-bond donors (Lipinski definition) is 2. The van der Waals surface area contributed by atoms with Gasteiger partial charge in [0.05, 0.1) is 10.6 Å². The second-order valence-corrected chi connectivity index (χ2v) is 6.16. The van der Waals surface area contributed by atoms with Crippen LogP contribution < -0.4 is 10.5 Å². The highest BCUT2D eigenvalue weighted by Gasteiger charge is 2.21. The molecule has 0 aliphatic rings. The number of benzene rings is 2. The van der Waals surface area contributed by atoms with Crippen LogP contribution in [-0.2, 0) is 16.6 Å². The van der Waals surface area contributed by atoms with Gasteiger partial charge in [0.1, 0.15) is 11.6 Å². The molecule has 3 N–H and O–H groups in total. The predicted molar refractivity (Wildman–Crippen MR) is 76.2 cm³/mol. The van der Waals surface area contributed by atoms with Gasteiger partial charge >= 0.3 is 0 Å². The van der Waals surface area contributed by atoms with Crippen LogP contribution in [0.5, 0.6) is 0 Å². The number of rotatable bonds is 4. The van der Waals surface area contributed by atoms with E-state index >= 15 is 0 Å². The summed E-state index contributed by atoms with van der Waals surface area (Å²) in [6.07, 6.45) is 0. The Morgan fingerprint density at radius 3 is 2.48 bits per heavy atom. The third-order valence-corrected chi connectivity index (χ3v) is 4.39. The molecule has 2 aromatic rings. The van der Waals surface area contributed by atoms with Crippen LogP contribution in [-0.4, -0.2) is 8.42 Å². The first kappa shape index (κ1) is 15.4. The van der Waals surface area contributed by atoms with Gasteiger partial charge in [-0.1, -0.05) is 12.1 Å². The standard InChI is InChI=1S/C14H14F2N2O2S/c1-9-5-6-13(12(16)7-9)18-21(19,20)14-4-2-3-11(15)10(14)8-17/h2-7,18H,8,17H2,1H3. The zero-order valence-electron chi connectivity index (χ0n) is 11.2. The third-order valence-electron chi connectivity index (χ3n) is 2.94. The molecule has 0 amide bonds. The Bertz CT molecular complexity index is 777. The second-order valence-electron chi connectivity index (χ2n) is 4.51. The molecule has 0 radical (unpaired) electrons. The molecule has 0 unspecified atom stereocenters. The van der Waals surface area contributed by atoms with Gasteiger partial charge < -0.3 is 5.73 Å². The Morgan fingerprint density at radius 1 is 1.14 bits per heavy atom. The van der Waals surface area contributed by atoms with E-state index in [0.717, 1.165) is 6.07 Å². The molecule has 112 valence electrons. The topological polar surface area (TPSA) is 72.2 Å². The molecule has 7 heteroatoms. The van der Waals surface area contributed by atoms with Crippen molar-refractivity contribution in [3.05, 3.63) is 59.2 Å². The molecule has 0 bridgehead atoms. The lowest BCUT2D eigenvalue weighted by Gasteiger charge is -2.12. The number of aryl methyl sites for hydroxylation is 1. The minimum atomic E-state index is -4.12. The molecule has 2 aromatic carbocycles. The van der Waals surface area contributed by atoms with Crippen LogP contribution >= 0.6 is 0 Å². The first-order valence-corrected chi connectivity index (χ1v) is 7.60. The maximum absolute atomic E-state index is 13.7. The van der Waals surface area contributed by atoms with Crippen LogP contribution in [0.2, 0.25) is 0 Å². The molecule has 0 atom stereocenters. The molecule has 0 spiro atoms. The Kier molecular flexibility index (Phi) is 4.24. The van der Waals surface area contributed by atoms with Crippen molar-refractivity contribution >= 4 is 15.7 Å². The van der Waals surface area contributed by atoms with E-state index in [1.54, 1.807) is 13.0 Å². The fourth-order valence-electron chi connectivity index (χ4n) is 1.89. The SMILES string of the molecule is Cc1ccc(NS(=O)(=O)c2cccc(F)c2CN)c(F)c1. The highest BCUT2D eigenvalue weighted by molar-refractivity contribution is 7.92. The van der Waals surface area contributed by atoms with Gasteiger partial charge in [0, 0.05) is 12.1 Å². The highest BCUT2D eigenvalue weighted by atomic mass is 32.2. The smallest absolute Gasteiger partial charge is 0.262 e. The summed E-state index contributed by atoms with van der Waals surface area (Å²) >= 11 is 0. The molecular weight excluding hydrogens is 298 g/mol. The molecule has 21 heavy (non-hydrogen) atoms. The monoisotopic (exact) mass is 312 g/mol. The molecule has 4 nitrogen and oxygen atoms in total. The van der Waals surface area contributed by atoms with Crippen LogP contribution in [0.3, 0.4) is 0 Å². The van der Waals surface area contributed by atoms with Gasteiger partial charge in [-0.15, -0.1) is 0 Å². The van der Waals surface area contributed by atoms with Crippen LogP contribution in [0.1, 0.15) is 11.1 Å². The number of halogens is 2. The third kappa shape index (κ3) is 3.20. The zero-order chi connectivity index (χ0) is 15.6. The van der Waals surface area contributed by atoms with Crippen LogP contribution in [0, 0.1) is 18.6 Å². The minimum Gasteiger partial charge on any atom is -0.326 e. The van der Waals surface area contributed by atoms with Crippen molar-refractivity contribution in [3.63, 3.8) is 0 Å². The van der Waals surface area contributed by atoms with Crippen LogP contribution in [0.25, 0.3) is 0 Å². The molecule has 0 aliphatic heterocycles. The molecule has 0 aromatic heterocycles. The summed E-state index contributed by atoms with van der Waals surface area (Å²) in [6, 6.07) is 7.68. The number of nitrogens with two attached hydrogens (primary N) is 1. The van der Waals surface area contributed by atoms with Gasteiger partial charge in [0.25, 0.3) is 10.0 Å². The van der Waals surface area contributed by atoms with E-state index in [2.05, 4.69) is 4.72 Å². The van der Waals surface area contributed by atoms with E-state index in [9.17, 15) is 17.2 Å². The van der Waals surface area contributed by atoms with Gasteiger partial charge in [-0.2, -0.15) is 0 Å². The zero-order valence-corrected chi connectivity index (χ0v) is 12.0. The largest absolute Gasteiger partial charge is 0.326 e. The lowest BCUT2D eigenvalue weighted by molar-refractivity contribution is 0.584. The fraction of sp³-hybridized carbons (Fsp3) is 0.143. The maximum atomic E-state index is 13.7. The summed E-state index contributed by atoms with van der Waals surface area (Å²) in [6.45, 7) is 1.40. The number of anilines is 1. The highest BCUT2D eigenvalue weighted by Crippen LogP contribution is 2.23. The fourth-order valence-corrected chi connectivity index (χ4v) is 3.22. The predicted octanol–water partition coefficient (Wildman–Crippen LogP) is 2.53. The van der Waals surface area contributed by atoms with Gasteiger partial charge in [0.15, 0.2) is 0 Å². The summed E-state index contributed by atoms with van der Waals surface area (Å²) in [5.74, 6) is -1.42. The van der Waals surface area contributed by atoms with Crippen molar-refractivity contribution < 1.29 is 17.2 Å². The van der Waals surface area contributed by atoms with Gasteiger partial charge in [-0.3, -0.25) is 4.72 Å². The lowest BCUT2D eigenvalue weighted by Crippen LogP contribution is -2.18. The second kappa shape index (κ2) is 5.79. The van der Waals surface area contributed by atoms with Gasteiger partial charge in [-0.25, -0.2) is 17.2 Å². The quantitative estimate of drug-likeness (QED) is 0.911. The average Bonchev–Trinajstić information content (AvgIpc) is 2.41. The van der Waals surface area contributed by atoms with E-state index in [1.165, 1.54) is 24.3 Å². The van der Waals surface area contributed by atoms with Gasteiger partial charge in [0.2, 0.25) is 0 Å². The van der Waals surface area contributed by atoms with Crippen molar-refractivity contribution in [1.29, 1.82) is 0 Å². The Morgan fingerprint density at radius 2 is 1.86 bits per heavy atom. The molecule has 0 saturated heterocycles. The lowest BCUT2D eigenvalue weighted by atomic mass is 10.2. The van der Waals surface area contributed by atoms with Crippen LogP contribution in [0.15, 0.2) is 41.3 Å². The average molecular weight is 312 g/mol. The molecule has 0 fully saturated rings. The number of hydrogen-bond acceptors (Lipinski definition) is 3. The molecule has 0 heterocycles. The van der Waals surface area contributed by atoms with Crippen molar-refractivity contribution in [1.82, 2.24) is 0 Å². The van der Waals surface area contributed by atoms with E-state index in [1.807, 2.05) is 0 Å².